The van der Waals surface area contributed by atoms with E-state index in [9.17, 15) is 0 Å². The summed E-state index contributed by atoms with van der Waals surface area (Å²) < 4.78 is 5.50. The van der Waals surface area contributed by atoms with Gasteiger partial charge in [0.15, 0.2) is 0 Å². The topological polar surface area (TPSA) is 51.2 Å². The van der Waals surface area contributed by atoms with Crippen molar-refractivity contribution in [1.29, 1.82) is 0 Å². The van der Waals surface area contributed by atoms with Crippen molar-refractivity contribution in [2.24, 2.45) is 0 Å². The molecule has 0 spiro atoms. The number of nitrogen functional groups attached to an aromatic ring is 1. The lowest BCUT2D eigenvalue weighted by atomic mass is 9.99. The molecule has 0 atom stereocenters. The van der Waals surface area contributed by atoms with Crippen LogP contribution in [0.1, 0.15) is 16.7 Å². The van der Waals surface area contributed by atoms with E-state index < -0.39 is 0 Å². The fraction of sp³-hybridized carbons (Fsp3) is 0.158. The molecule has 1 heterocycles. The number of nitrogens with one attached hydrogen (secondary N) is 1. The minimum Gasteiger partial charge on any atom is -0.464 e. The largest absolute Gasteiger partial charge is 0.464 e. The summed E-state index contributed by atoms with van der Waals surface area (Å²) in [5.74, 6) is 0.908. The number of rotatable bonds is 4. The van der Waals surface area contributed by atoms with Gasteiger partial charge in [-0.1, -0.05) is 12.1 Å². The van der Waals surface area contributed by atoms with Crippen LogP contribution >= 0.6 is 0 Å². The van der Waals surface area contributed by atoms with Crippen molar-refractivity contribution in [3.63, 3.8) is 0 Å². The van der Waals surface area contributed by atoms with Crippen LogP contribution < -0.4 is 11.1 Å². The van der Waals surface area contributed by atoms with Gasteiger partial charge in [0.2, 0.25) is 0 Å². The lowest BCUT2D eigenvalue weighted by Crippen LogP contribution is -2.02. The summed E-state index contributed by atoms with van der Waals surface area (Å²) in [4.78, 5) is 0. The van der Waals surface area contributed by atoms with Gasteiger partial charge in [0.05, 0.1) is 6.26 Å². The van der Waals surface area contributed by atoms with Gasteiger partial charge in [0.25, 0.3) is 0 Å². The molecule has 0 aliphatic carbocycles. The Morgan fingerprint density at radius 1 is 0.955 bits per heavy atom. The summed E-state index contributed by atoms with van der Waals surface area (Å²) in [6.07, 6.45) is 1.71. The summed E-state index contributed by atoms with van der Waals surface area (Å²) in [5.41, 5.74) is 12.5. The Labute approximate surface area is 130 Å². The van der Waals surface area contributed by atoms with E-state index in [0.29, 0.717) is 0 Å². The Bertz CT molecular complexity index is 759. The summed E-state index contributed by atoms with van der Waals surface area (Å²) in [6.45, 7) is 5.04. The molecule has 0 fully saturated rings. The minimum atomic E-state index is 0.778. The first-order valence-corrected chi connectivity index (χ1v) is 7.37. The highest BCUT2D eigenvalue weighted by atomic mass is 16.3. The highest BCUT2D eigenvalue weighted by molar-refractivity contribution is 5.69. The van der Waals surface area contributed by atoms with Crippen LogP contribution in [0.2, 0.25) is 0 Å². The maximum Gasteiger partial charge on any atom is 0.134 e. The Kier molecular flexibility index (Phi) is 3.88. The van der Waals surface area contributed by atoms with Crippen LogP contribution in [0.4, 0.5) is 11.4 Å². The van der Waals surface area contributed by atoms with E-state index in [1.807, 2.05) is 36.4 Å². The molecule has 22 heavy (non-hydrogen) atoms. The van der Waals surface area contributed by atoms with Crippen LogP contribution in [-0.2, 0) is 6.54 Å². The fourth-order valence-corrected chi connectivity index (χ4v) is 2.54. The quantitative estimate of drug-likeness (QED) is 0.682. The van der Waals surface area contributed by atoms with Gasteiger partial charge in [-0.15, -0.1) is 0 Å². The Morgan fingerprint density at radius 2 is 1.73 bits per heavy atom. The molecule has 0 aliphatic rings. The molecular formula is C19H20N2O. The predicted molar refractivity (Wildman–Crippen MR) is 91.8 cm³/mol. The summed E-state index contributed by atoms with van der Waals surface area (Å²) in [5, 5.41) is 3.49. The second-order valence-corrected chi connectivity index (χ2v) is 5.48. The zero-order chi connectivity index (χ0) is 15.5. The average molecular weight is 292 g/mol. The van der Waals surface area contributed by atoms with Crippen molar-refractivity contribution in [2.45, 2.75) is 20.4 Å². The predicted octanol–water partition coefficient (Wildman–Crippen LogP) is 4.76. The lowest BCUT2D eigenvalue weighted by Gasteiger charge is -2.14. The Balaban J connectivity index is 1.80. The van der Waals surface area contributed by atoms with Crippen LogP contribution in [0.25, 0.3) is 11.3 Å². The molecule has 0 amide bonds. The molecule has 0 aliphatic heterocycles. The second-order valence-electron chi connectivity index (χ2n) is 5.48. The zero-order valence-corrected chi connectivity index (χ0v) is 12.9. The number of hydrogen-bond acceptors (Lipinski definition) is 3. The van der Waals surface area contributed by atoms with Gasteiger partial charge in [0, 0.05) is 23.5 Å². The molecule has 3 heteroatoms. The third-order valence-electron chi connectivity index (χ3n) is 4.04. The van der Waals surface area contributed by atoms with Crippen LogP contribution in [-0.4, -0.2) is 0 Å². The molecule has 1 aromatic heterocycles. The molecule has 3 N–H and O–H groups in total. The van der Waals surface area contributed by atoms with E-state index in [-0.39, 0.29) is 0 Å². The third kappa shape index (κ3) is 2.84. The Hall–Kier alpha value is -2.68. The number of hydrogen-bond donors (Lipinski definition) is 2. The summed E-state index contributed by atoms with van der Waals surface area (Å²) in [7, 11) is 0. The van der Waals surface area contributed by atoms with Gasteiger partial charge in [-0.05, 0) is 66.9 Å². The lowest BCUT2D eigenvalue weighted by molar-refractivity contribution is 0.582. The van der Waals surface area contributed by atoms with Gasteiger partial charge in [-0.2, -0.15) is 0 Å². The van der Waals surface area contributed by atoms with Crippen molar-refractivity contribution in [3.05, 3.63) is 71.5 Å². The van der Waals surface area contributed by atoms with E-state index in [4.69, 9.17) is 10.2 Å². The second kappa shape index (κ2) is 5.98. The van der Waals surface area contributed by atoms with E-state index in [1.165, 1.54) is 16.7 Å². The highest BCUT2D eigenvalue weighted by Gasteiger charge is 2.09. The smallest absolute Gasteiger partial charge is 0.134 e. The minimum absolute atomic E-state index is 0.778. The maximum absolute atomic E-state index is 5.71. The zero-order valence-electron chi connectivity index (χ0n) is 12.9. The van der Waals surface area contributed by atoms with Gasteiger partial charge in [-0.3, -0.25) is 0 Å². The fourth-order valence-electron chi connectivity index (χ4n) is 2.54. The molecule has 3 nitrogen and oxygen atoms in total. The van der Waals surface area contributed by atoms with Crippen LogP contribution in [0.3, 0.4) is 0 Å². The first kappa shape index (κ1) is 14.3. The molecular weight excluding hydrogens is 272 g/mol. The summed E-state index contributed by atoms with van der Waals surface area (Å²) in [6, 6.07) is 16.1. The monoisotopic (exact) mass is 292 g/mol. The Morgan fingerprint density at radius 3 is 2.41 bits per heavy atom. The van der Waals surface area contributed by atoms with Crippen LogP contribution in [0.15, 0.2) is 59.2 Å². The van der Waals surface area contributed by atoms with Gasteiger partial charge in [0.1, 0.15) is 5.76 Å². The number of benzene rings is 2. The SMILES string of the molecule is Cc1c(NCc2ccc(N)cc2)ccc(-c2ccco2)c1C. The molecule has 0 saturated carbocycles. The van der Waals surface area contributed by atoms with Crippen LogP contribution in [0, 0.1) is 13.8 Å². The molecule has 112 valence electrons. The van der Waals surface area contributed by atoms with Gasteiger partial charge in [-0.25, -0.2) is 0 Å². The first-order valence-electron chi connectivity index (χ1n) is 7.37. The molecule has 3 rings (SSSR count). The number of anilines is 2. The molecule has 0 radical (unpaired) electrons. The van der Waals surface area contributed by atoms with Crippen molar-refractivity contribution >= 4 is 11.4 Å². The molecule has 0 saturated heterocycles. The third-order valence-corrected chi connectivity index (χ3v) is 4.04. The van der Waals surface area contributed by atoms with E-state index in [0.717, 1.165) is 29.2 Å². The molecule has 0 bridgehead atoms. The van der Waals surface area contributed by atoms with Crippen molar-refractivity contribution in [2.75, 3.05) is 11.1 Å². The average Bonchev–Trinajstić information content (AvgIpc) is 3.04. The van der Waals surface area contributed by atoms with Crippen molar-refractivity contribution < 1.29 is 4.42 Å². The van der Waals surface area contributed by atoms with E-state index >= 15 is 0 Å². The highest BCUT2D eigenvalue weighted by Crippen LogP contribution is 2.30. The molecule has 3 aromatic rings. The number of furan rings is 1. The molecule has 0 unspecified atom stereocenters. The maximum atomic E-state index is 5.71. The summed E-state index contributed by atoms with van der Waals surface area (Å²) >= 11 is 0. The van der Waals surface area contributed by atoms with Gasteiger partial charge < -0.3 is 15.5 Å². The van der Waals surface area contributed by atoms with Crippen molar-refractivity contribution in [1.82, 2.24) is 0 Å². The molecule has 2 aromatic carbocycles. The van der Waals surface area contributed by atoms with Gasteiger partial charge >= 0.3 is 0 Å². The normalized spacial score (nSPS) is 10.6. The van der Waals surface area contributed by atoms with E-state index in [1.54, 1.807) is 6.26 Å². The first-order chi connectivity index (χ1) is 10.6. The number of nitrogens with two attached hydrogens (primary N) is 1. The van der Waals surface area contributed by atoms with Crippen molar-refractivity contribution in [3.8, 4) is 11.3 Å². The van der Waals surface area contributed by atoms with E-state index in [2.05, 4.69) is 31.3 Å². The standard InChI is InChI=1S/C19H20N2O/c1-13-14(2)18(10-9-17(13)19-4-3-11-22-19)21-12-15-5-7-16(20)8-6-15/h3-11,21H,12,20H2,1-2H3. The van der Waals surface area contributed by atoms with Crippen LogP contribution in [0.5, 0.6) is 0 Å².